The summed E-state index contributed by atoms with van der Waals surface area (Å²) in [6.07, 6.45) is 4.73. The van der Waals surface area contributed by atoms with Gasteiger partial charge in [-0.1, -0.05) is 13.3 Å². The van der Waals surface area contributed by atoms with E-state index in [1.54, 1.807) is 12.4 Å². The zero-order chi connectivity index (χ0) is 12.0. The molecule has 0 aliphatic heterocycles. The summed E-state index contributed by atoms with van der Waals surface area (Å²) < 4.78 is 0. The van der Waals surface area contributed by atoms with Crippen molar-refractivity contribution in [2.45, 2.75) is 26.7 Å². The van der Waals surface area contributed by atoms with Crippen LogP contribution in [0.15, 0.2) is 12.4 Å². The number of rotatable bonds is 6. The van der Waals surface area contributed by atoms with Gasteiger partial charge in [-0.15, -0.1) is 0 Å². The number of aromatic nitrogens is 2. The van der Waals surface area contributed by atoms with E-state index in [9.17, 15) is 4.79 Å². The molecule has 1 heterocycles. The molecule has 0 amide bonds. The summed E-state index contributed by atoms with van der Waals surface area (Å²) in [6, 6.07) is 0. The number of aliphatic carboxylic acids is 1. The number of hydrogen-bond acceptors (Lipinski definition) is 4. The standard InChI is InChI=1S/C11H17N3O2/c1-3-4-9(11(15)16)7-14-10-8(2)12-5-6-13-10/h5-6,9H,3-4,7H2,1-2H3,(H,13,14)(H,15,16). The van der Waals surface area contributed by atoms with Gasteiger partial charge in [-0.2, -0.15) is 0 Å². The fraction of sp³-hybridized carbons (Fsp3) is 0.545. The lowest BCUT2D eigenvalue weighted by atomic mass is 10.0. The molecule has 1 rings (SSSR count). The molecule has 88 valence electrons. The van der Waals surface area contributed by atoms with Gasteiger partial charge in [0.2, 0.25) is 0 Å². The Balaban J connectivity index is 2.55. The molecule has 0 aliphatic rings. The van der Waals surface area contributed by atoms with Crippen LogP contribution in [-0.2, 0) is 4.79 Å². The first kappa shape index (κ1) is 12.4. The summed E-state index contributed by atoms with van der Waals surface area (Å²) in [4.78, 5) is 19.1. The van der Waals surface area contributed by atoms with Crippen LogP contribution in [0.5, 0.6) is 0 Å². The minimum atomic E-state index is -0.768. The van der Waals surface area contributed by atoms with Gasteiger partial charge >= 0.3 is 5.97 Å². The topological polar surface area (TPSA) is 75.1 Å². The molecule has 5 heteroatoms. The van der Waals surface area contributed by atoms with Crippen molar-refractivity contribution in [3.05, 3.63) is 18.1 Å². The summed E-state index contributed by atoms with van der Waals surface area (Å²) in [5, 5.41) is 12.0. The molecule has 1 atom stereocenters. The van der Waals surface area contributed by atoms with E-state index < -0.39 is 5.97 Å². The number of hydrogen-bond donors (Lipinski definition) is 2. The highest BCUT2D eigenvalue weighted by Gasteiger charge is 2.16. The van der Waals surface area contributed by atoms with Crippen LogP contribution in [0.1, 0.15) is 25.5 Å². The van der Waals surface area contributed by atoms with E-state index in [0.717, 1.165) is 12.1 Å². The number of aryl methyl sites for hydroxylation is 1. The lowest BCUT2D eigenvalue weighted by Crippen LogP contribution is -2.23. The summed E-state index contributed by atoms with van der Waals surface area (Å²) in [5.41, 5.74) is 0.781. The first-order chi connectivity index (χ1) is 7.65. The minimum absolute atomic E-state index is 0.369. The Kier molecular flexibility index (Phi) is 4.69. The van der Waals surface area contributed by atoms with Crippen LogP contribution in [0.25, 0.3) is 0 Å². The summed E-state index contributed by atoms with van der Waals surface area (Å²) in [6.45, 7) is 4.21. The third-order valence-electron chi connectivity index (χ3n) is 2.38. The highest BCUT2D eigenvalue weighted by Crippen LogP contribution is 2.10. The number of carboxylic acids is 1. The minimum Gasteiger partial charge on any atom is -0.481 e. The first-order valence-corrected chi connectivity index (χ1v) is 5.39. The predicted octanol–water partition coefficient (Wildman–Crippen LogP) is 1.70. The fourth-order valence-corrected chi connectivity index (χ4v) is 1.46. The number of carboxylic acid groups (broad SMARTS) is 1. The Morgan fingerprint density at radius 2 is 2.19 bits per heavy atom. The van der Waals surface area contributed by atoms with Crippen molar-refractivity contribution >= 4 is 11.8 Å². The lowest BCUT2D eigenvalue weighted by Gasteiger charge is -2.13. The smallest absolute Gasteiger partial charge is 0.308 e. The number of nitrogens with one attached hydrogen (secondary N) is 1. The molecule has 5 nitrogen and oxygen atoms in total. The van der Waals surface area contributed by atoms with E-state index in [0.29, 0.717) is 18.8 Å². The quantitative estimate of drug-likeness (QED) is 0.767. The normalized spacial score (nSPS) is 12.1. The van der Waals surface area contributed by atoms with Gasteiger partial charge in [0.05, 0.1) is 11.6 Å². The largest absolute Gasteiger partial charge is 0.481 e. The van der Waals surface area contributed by atoms with Gasteiger partial charge in [0.1, 0.15) is 5.82 Å². The van der Waals surface area contributed by atoms with E-state index in [-0.39, 0.29) is 5.92 Å². The van der Waals surface area contributed by atoms with Crippen LogP contribution < -0.4 is 5.32 Å². The molecule has 0 aliphatic carbocycles. The Morgan fingerprint density at radius 1 is 1.50 bits per heavy atom. The van der Waals surface area contributed by atoms with Gasteiger partial charge < -0.3 is 10.4 Å². The van der Waals surface area contributed by atoms with E-state index in [4.69, 9.17) is 5.11 Å². The van der Waals surface area contributed by atoms with Gasteiger partial charge in [0.15, 0.2) is 0 Å². The second-order valence-corrected chi connectivity index (χ2v) is 3.70. The Labute approximate surface area is 94.9 Å². The highest BCUT2D eigenvalue weighted by molar-refractivity contribution is 5.70. The molecular formula is C11H17N3O2. The van der Waals surface area contributed by atoms with Crippen molar-refractivity contribution in [3.8, 4) is 0 Å². The summed E-state index contributed by atoms with van der Waals surface area (Å²) in [7, 11) is 0. The van der Waals surface area contributed by atoms with Gasteiger partial charge in [0, 0.05) is 18.9 Å². The average molecular weight is 223 g/mol. The molecule has 0 saturated heterocycles. The van der Waals surface area contributed by atoms with Crippen molar-refractivity contribution in [3.63, 3.8) is 0 Å². The monoisotopic (exact) mass is 223 g/mol. The Bertz CT molecular complexity index is 355. The van der Waals surface area contributed by atoms with Gasteiger partial charge in [0.25, 0.3) is 0 Å². The maximum atomic E-state index is 10.9. The van der Waals surface area contributed by atoms with Crippen molar-refractivity contribution in [1.82, 2.24) is 9.97 Å². The number of carbonyl (C=O) groups is 1. The number of anilines is 1. The molecule has 0 bridgehead atoms. The summed E-state index contributed by atoms with van der Waals surface area (Å²) in [5.74, 6) is -0.479. The van der Waals surface area contributed by atoms with Crippen molar-refractivity contribution in [2.75, 3.05) is 11.9 Å². The van der Waals surface area contributed by atoms with E-state index >= 15 is 0 Å². The molecule has 0 radical (unpaired) electrons. The molecule has 1 aromatic rings. The molecule has 0 spiro atoms. The molecule has 1 aromatic heterocycles. The molecule has 16 heavy (non-hydrogen) atoms. The zero-order valence-electron chi connectivity index (χ0n) is 9.60. The molecular weight excluding hydrogens is 206 g/mol. The molecule has 0 aromatic carbocycles. The molecule has 0 saturated carbocycles. The lowest BCUT2D eigenvalue weighted by molar-refractivity contribution is -0.141. The van der Waals surface area contributed by atoms with E-state index in [2.05, 4.69) is 15.3 Å². The van der Waals surface area contributed by atoms with Crippen LogP contribution in [0.2, 0.25) is 0 Å². The van der Waals surface area contributed by atoms with Crippen LogP contribution >= 0.6 is 0 Å². The maximum Gasteiger partial charge on any atom is 0.308 e. The highest BCUT2D eigenvalue weighted by atomic mass is 16.4. The first-order valence-electron chi connectivity index (χ1n) is 5.39. The third kappa shape index (κ3) is 3.49. The van der Waals surface area contributed by atoms with E-state index in [1.807, 2.05) is 13.8 Å². The third-order valence-corrected chi connectivity index (χ3v) is 2.38. The SMILES string of the molecule is CCCC(CNc1nccnc1C)C(=O)O. The van der Waals surface area contributed by atoms with Crippen LogP contribution in [0, 0.1) is 12.8 Å². The second kappa shape index (κ2) is 6.05. The molecule has 1 unspecified atom stereocenters. The van der Waals surface area contributed by atoms with Crippen molar-refractivity contribution in [1.29, 1.82) is 0 Å². The maximum absolute atomic E-state index is 10.9. The van der Waals surface area contributed by atoms with Crippen molar-refractivity contribution < 1.29 is 9.90 Å². The van der Waals surface area contributed by atoms with Gasteiger partial charge in [-0.05, 0) is 13.3 Å². The van der Waals surface area contributed by atoms with Crippen molar-refractivity contribution in [2.24, 2.45) is 5.92 Å². The summed E-state index contributed by atoms with van der Waals surface area (Å²) >= 11 is 0. The van der Waals surface area contributed by atoms with Gasteiger partial charge in [-0.25, -0.2) is 4.98 Å². The second-order valence-electron chi connectivity index (χ2n) is 3.70. The predicted molar refractivity (Wildman–Crippen MR) is 61.3 cm³/mol. The van der Waals surface area contributed by atoms with Crippen LogP contribution in [0.3, 0.4) is 0 Å². The fourth-order valence-electron chi connectivity index (χ4n) is 1.46. The molecule has 2 N–H and O–H groups in total. The van der Waals surface area contributed by atoms with E-state index in [1.165, 1.54) is 0 Å². The zero-order valence-corrected chi connectivity index (χ0v) is 9.60. The van der Waals surface area contributed by atoms with Crippen LogP contribution in [0.4, 0.5) is 5.82 Å². The Morgan fingerprint density at radius 3 is 2.75 bits per heavy atom. The van der Waals surface area contributed by atoms with Crippen LogP contribution in [-0.4, -0.2) is 27.6 Å². The Hall–Kier alpha value is -1.65. The molecule has 0 fully saturated rings. The van der Waals surface area contributed by atoms with Gasteiger partial charge in [-0.3, -0.25) is 9.78 Å². The number of nitrogens with zero attached hydrogens (tertiary/aromatic N) is 2. The average Bonchev–Trinajstić information content (AvgIpc) is 2.26.